The first kappa shape index (κ1) is 20.3. The number of likely N-dealkylation sites (N-methyl/N-ethyl adjacent to an activating group) is 1. The number of hydrogen-bond acceptors (Lipinski definition) is 6. The Morgan fingerprint density at radius 3 is 2.57 bits per heavy atom. The molecule has 0 atom stereocenters. The molecule has 28 heavy (non-hydrogen) atoms. The number of carbonyl (C=O) groups excluding carboxylic acids is 1. The van der Waals surface area contributed by atoms with Crippen LogP contribution in [0.2, 0.25) is 0 Å². The molecule has 3 rings (SSSR count). The molecule has 2 heterocycles. The molecule has 0 unspecified atom stereocenters. The molecular formula is C20H27N5O2S. The van der Waals surface area contributed by atoms with Crippen LogP contribution < -0.4 is 9.64 Å². The van der Waals surface area contributed by atoms with Gasteiger partial charge in [0.25, 0.3) is 5.91 Å². The van der Waals surface area contributed by atoms with E-state index < -0.39 is 0 Å². The Kier molecular flexibility index (Phi) is 6.00. The zero-order valence-corrected chi connectivity index (χ0v) is 18.1. The SMILES string of the molecule is COc1ccc(C)c2sc(N(CCN(C)C)C(=O)Cn3nc(C)cc3C)nc12. The Labute approximate surface area is 169 Å². The van der Waals surface area contributed by atoms with Crippen LogP contribution in [0.4, 0.5) is 5.13 Å². The fourth-order valence-corrected chi connectivity index (χ4v) is 4.15. The van der Waals surface area contributed by atoms with E-state index in [1.54, 1.807) is 16.7 Å². The van der Waals surface area contributed by atoms with Crippen LogP contribution >= 0.6 is 11.3 Å². The van der Waals surface area contributed by atoms with Crippen LogP contribution in [0.1, 0.15) is 17.0 Å². The lowest BCUT2D eigenvalue weighted by atomic mass is 10.2. The summed E-state index contributed by atoms with van der Waals surface area (Å²) in [4.78, 5) is 21.8. The first-order chi connectivity index (χ1) is 13.3. The van der Waals surface area contributed by atoms with Crippen LogP contribution in [0.5, 0.6) is 5.75 Å². The number of anilines is 1. The molecule has 0 bridgehead atoms. The lowest BCUT2D eigenvalue weighted by Crippen LogP contribution is -2.39. The van der Waals surface area contributed by atoms with E-state index in [2.05, 4.69) is 10.00 Å². The first-order valence-electron chi connectivity index (χ1n) is 9.20. The highest BCUT2D eigenvalue weighted by molar-refractivity contribution is 7.22. The van der Waals surface area contributed by atoms with Crippen molar-refractivity contribution in [2.75, 3.05) is 39.2 Å². The first-order valence-corrected chi connectivity index (χ1v) is 10.0. The average molecular weight is 402 g/mol. The highest BCUT2D eigenvalue weighted by Crippen LogP contribution is 2.36. The van der Waals surface area contributed by atoms with Gasteiger partial charge in [0.05, 0.1) is 17.5 Å². The van der Waals surface area contributed by atoms with Crippen LogP contribution in [-0.2, 0) is 11.3 Å². The Hall–Kier alpha value is -2.45. The Morgan fingerprint density at radius 1 is 1.21 bits per heavy atom. The van der Waals surface area contributed by atoms with Crippen molar-refractivity contribution in [1.29, 1.82) is 0 Å². The molecule has 0 spiro atoms. The maximum absolute atomic E-state index is 13.2. The highest BCUT2D eigenvalue weighted by Gasteiger charge is 2.22. The molecule has 2 aromatic heterocycles. The van der Waals surface area contributed by atoms with Gasteiger partial charge in [-0.1, -0.05) is 17.4 Å². The van der Waals surface area contributed by atoms with Crippen molar-refractivity contribution < 1.29 is 9.53 Å². The molecule has 0 fully saturated rings. The van der Waals surface area contributed by atoms with Gasteiger partial charge in [-0.25, -0.2) is 4.98 Å². The number of rotatable bonds is 7. The summed E-state index contributed by atoms with van der Waals surface area (Å²) in [6.45, 7) is 7.44. The second-order valence-corrected chi connectivity index (χ2v) is 8.17. The predicted molar refractivity (Wildman–Crippen MR) is 114 cm³/mol. The Morgan fingerprint density at radius 2 is 1.96 bits per heavy atom. The summed E-state index contributed by atoms with van der Waals surface area (Å²) in [5.74, 6) is 0.699. The molecular weight excluding hydrogens is 374 g/mol. The van der Waals surface area contributed by atoms with Gasteiger partial charge in [0.2, 0.25) is 0 Å². The fraction of sp³-hybridized carbons (Fsp3) is 0.450. The molecule has 0 saturated heterocycles. The maximum Gasteiger partial charge on any atom is 0.250 e. The normalized spacial score (nSPS) is 11.4. The third-order valence-electron chi connectivity index (χ3n) is 4.60. The molecule has 8 heteroatoms. The minimum atomic E-state index is -0.0243. The number of aromatic nitrogens is 3. The summed E-state index contributed by atoms with van der Waals surface area (Å²) < 4.78 is 8.26. The van der Waals surface area contributed by atoms with E-state index in [9.17, 15) is 4.79 Å². The number of hydrogen-bond donors (Lipinski definition) is 0. The van der Waals surface area contributed by atoms with Gasteiger partial charge in [0, 0.05) is 18.8 Å². The van der Waals surface area contributed by atoms with E-state index in [4.69, 9.17) is 9.72 Å². The molecule has 0 aliphatic carbocycles. The van der Waals surface area contributed by atoms with Crippen LogP contribution in [0.25, 0.3) is 10.2 Å². The number of ether oxygens (including phenoxy) is 1. The van der Waals surface area contributed by atoms with Crippen molar-refractivity contribution in [2.45, 2.75) is 27.3 Å². The predicted octanol–water partition coefficient (Wildman–Crippen LogP) is 3.02. The smallest absolute Gasteiger partial charge is 0.250 e. The van der Waals surface area contributed by atoms with Crippen molar-refractivity contribution in [3.05, 3.63) is 35.2 Å². The quantitative estimate of drug-likeness (QED) is 0.609. The van der Waals surface area contributed by atoms with Crippen LogP contribution in [-0.4, -0.2) is 59.9 Å². The second kappa shape index (κ2) is 8.28. The van der Waals surface area contributed by atoms with Crippen molar-refractivity contribution in [3.63, 3.8) is 0 Å². The summed E-state index contributed by atoms with van der Waals surface area (Å²) in [7, 11) is 5.63. The Bertz CT molecular complexity index is 992. The summed E-state index contributed by atoms with van der Waals surface area (Å²) in [5.41, 5.74) is 3.81. The Balaban J connectivity index is 1.97. The molecule has 0 N–H and O–H groups in total. The van der Waals surface area contributed by atoms with Gasteiger partial charge in [-0.3, -0.25) is 14.4 Å². The van der Waals surface area contributed by atoms with Crippen molar-refractivity contribution in [2.24, 2.45) is 0 Å². The summed E-state index contributed by atoms with van der Waals surface area (Å²) in [5, 5.41) is 5.12. The van der Waals surface area contributed by atoms with E-state index in [1.165, 1.54) is 11.3 Å². The number of amides is 1. The van der Waals surface area contributed by atoms with Gasteiger partial charge in [0.15, 0.2) is 5.13 Å². The molecule has 1 amide bonds. The zero-order chi connectivity index (χ0) is 20.4. The molecule has 7 nitrogen and oxygen atoms in total. The minimum Gasteiger partial charge on any atom is -0.494 e. The van der Waals surface area contributed by atoms with E-state index in [1.807, 2.05) is 53.1 Å². The molecule has 3 aromatic rings. The zero-order valence-electron chi connectivity index (χ0n) is 17.3. The average Bonchev–Trinajstić information content (AvgIpc) is 3.19. The van der Waals surface area contributed by atoms with E-state index >= 15 is 0 Å². The van der Waals surface area contributed by atoms with Crippen molar-refractivity contribution in [1.82, 2.24) is 19.7 Å². The number of thiazole rings is 1. The second-order valence-electron chi connectivity index (χ2n) is 7.19. The van der Waals surface area contributed by atoms with Gasteiger partial charge in [-0.05, 0) is 52.6 Å². The summed E-state index contributed by atoms with van der Waals surface area (Å²) in [6, 6.07) is 5.91. The molecule has 0 aliphatic heterocycles. The summed E-state index contributed by atoms with van der Waals surface area (Å²) >= 11 is 1.53. The number of methoxy groups -OCH3 is 1. The van der Waals surface area contributed by atoms with Crippen LogP contribution in [0.3, 0.4) is 0 Å². The molecule has 0 radical (unpaired) electrons. The molecule has 1 aromatic carbocycles. The number of nitrogens with zero attached hydrogens (tertiary/aromatic N) is 5. The summed E-state index contributed by atoms with van der Waals surface area (Å²) in [6.07, 6.45) is 0. The number of aryl methyl sites for hydroxylation is 3. The standard InChI is InChI=1S/C20H27N5O2S/c1-13-7-8-16(27-6)18-19(13)28-20(21-18)24(10-9-23(4)5)17(26)12-25-15(3)11-14(2)22-25/h7-8,11H,9-10,12H2,1-6H3. The molecule has 0 saturated carbocycles. The molecule has 150 valence electrons. The monoisotopic (exact) mass is 401 g/mol. The van der Waals surface area contributed by atoms with Crippen LogP contribution in [0.15, 0.2) is 18.2 Å². The topological polar surface area (TPSA) is 63.5 Å². The van der Waals surface area contributed by atoms with Gasteiger partial charge in [-0.2, -0.15) is 5.10 Å². The lowest BCUT2D eigenvalue weighted by molar-refractivity contribution is -0.119. The minimum absolute atomic E-state index is 0.0243. The molecule has 0 aliphatic rings. The highest BCUT2D eigenvalue weighted by atomic mass is 32.1. The largest absolute Gasteiger partial charge is 0.494 e. The van der Waals surface area contributed by atoms with Crippen molar-refractivity contribution in [3.8, 4) is 5.75 Å². The van der Waals surface area contributed by atoms with Gasteiger partial charge < -0.3 is 9.64 Å². The van der Waals surface area contributed by atoms with Gasteiger partial charge in [-0.15, -0.1) is 0 Å². The third-order valence-corrected chi connectivity index (χ3v) is 5.82. The van der Waals surface area contributed by atoms with E-state index in [-0.39, 0.29) is 12.5 Å². The van der Waals surface area contributed by atoms with E-state index in [0.717, 1.165) is 39.5 Å². The van der Waals surface area contributed by atoms with Crippen LogP contribution in [0, 0.1) is 20.8 Å². The number of carbonyl (C=O) groups is 1. The van der Waals surface area contributed by atoms with E-state index in [0.29, 0.717) is 11.7 Å². The maximum atomic E-state index is 13.2. The fourth-order valence-electron chi connectivity index (χ4n) is 3.05. The lowest BCUT2D eigenvalue weighted by Gasteiger charge is -2.22. The van der Waals surface area contributed by atoms with Crippen molar-refractivity contribution >= 4 is 32.6 Å². The van der Waals surface area contributed by atoms with Gasteiger partial charge in [0.1, 0.15) is 17.8 Å². The number of fused-ring (bicyclic) bond motifs is 1. The van der Waals surface area contributed by atoms with Gasteiger partial charge >= 0.3 is 0 Å². The third kappa shape index (κ3) is 4.18. The number of benzene rings is 1.